The van der Waals surface area contributed by atoms with Gasteiger partial charge in [0.1, 0.15) is 0 Å². The molecule has 0 saturated heterocycles. The minimum absolute atomic E-state index is 0.187. The number of carbonyl (C=O) groups is 1. The van der Waals surface area contributed by atoms with Gasteiger partial charge in [0.05, 0.1) is 0 Å². The van der Waals surface area contributed by atoms with Crippen molar-refractivity contribution in [1.29, 1.82) is 0 Å². The van der Waals surface area contributed by atoms with Crippen LogP contribution < -0.4 is 0 Å². The predicted octanol–water partition coefficient (Wildman–Crippen LogP) is 4.60. The van der Waals surface area contributed by atoms with Crippen molar-refractivity contribution >= 4 is 17.4 Å². The van der Waals surface area contributed by atoms with Gasteiger partial charge in [-0.05, 0) is 43.2 Å². The van der Waals surface area contributed by atoms with Crippen molar-refractivity contribution in [3.05, 3.63) is 34.9 Å². The van der Waals surface area contributed by atoms with E-state index in [0.717, 1.165) is 18.4 Å². The van der Waals surface area contributed by atoms with Crippen LogP contribution in [0.15, 0.2) is 24.3 Å². The summed E-state index contributed by atoms with van der Waals surface area (Å²) in [5.41, 5.74) is 0.767. The third-order valence-corrected chi connectivity index (χ3v) is 3.89. The van der Waals surface area contributed by atoms with Crippen molar-refractivity contribution in [3.8, 4) is 0 Å². The van der Waals surface area contributed by atoms with Gasteiger partial charge in [-0.15, -0.1) is 0 Å². The van der Waals surface area contributed by atoms with Gasteiger partial charge in [-0.1, -0.05) is 37.6 Å². The SMILES string of the molecule is CC1CC(C)CC(C(=O)c2cccc(Cl)c2)C1. The second kappa shape index (κ2) is 5.22. The normalized spacial score (nSPS) is 29.0. The molecule has 1 saturated carbocycles. The average molecular weight is 251 g/mol. The first kappa shape index (κ1) is 12.6. The van der Waals surface area contributed by atoms with Gasteiger partial charge < -0.3 is 0 Å². The summed E-state index contributed by atoms with van der Waals surface area (Å²) in [6.07, 6.45) is 3.30. The maximum atomic E-state index is 12.4. The Bertz CT molecular complexity index is 403. The van der Waals surface area contributed by atoms with E-state index in [1.807, 2.05) is 18.2 Å². The zero-order valence-corrected chi connectivity index (χ0v) is 11.2. The highest BCUT2D eigenvalue weighted by Crippen LogP contribution is 2.34. The summed E-state index contributed by atoms with van der Waals surface area (Å²) < 4.78 is 0. The van der Waals surface area contributed by atoms with Crippen LogP contribution >= 0.6 is 11.6 Å². The Morgan fingerprint density at radius 2 is 1.82 bits per heavy atom. The van der Waals surface area contributed by atoms with Crippen molar-refractivity contribution in [3.63, 3.8) is 0 Å². The highest BCUT2D eigenvalue weighted by atomic mass is 35.5. The zero-order chi connectivity index (χ0) is 12.4. The van der Waals surface area contributed by atoms with Crippen LogP contribution in [0.25, 0.3) is 0 Å². The molecule has 0 bridgehead atoms. The number of hydrogen-bond acceptors (Lipinski definition) is 1. The van der Waals surface area contributed by atoms with Crippen molar-refractivity contribution in [2.45, 2.75) is 33.1 Å². The lowest BCUT2D eigenvalue weighted by molar-refractivity contribution is 0.0836. The molecule has 2 rings (SSSR count). The highest BCUT2D eigenvalue weighted by Gasteiger charge is 2.29. The Hall–Kier alpha value is -0.820. The van der Waals surface area contributed by atoms with Gasteiger partial charge in [0.15, 0.2) is 5.78 Å². The first-order valence-electron chi connectivity index (χ1n) is 6.36. The van der Waals surface area contributed by atoms with Crippen LogP contribution in [0, 0.1) is 17.8 Å². The van der Waals surface area contributed by atoms with Crippen LogP contribution in [0.5, 0.6) is 0 Å². The topological polar surface area (TPSA) is 17.1 Å². The molecule has 0 aromatic heterocycles. The fourth-order valence-corrected chi connectivity index (χ4v) is 3.23. The Morgan fingerprint density at radius 1 is 1.18 bits per heavy atom. The lowest BCUT2D eigenvalue weighted by Gasteiger charge is -2.30. The van der Waals surface area contributed by atoms with E-state index in [-0.39, 0.29) is 11.7 Å². The Balaban J connectivity index is 2.14. The molecule has 0 aliphatic heterocycles. The van der Waals surface area contributed by atoms with Gasteiger partial charge in [0.2, 0.25) is 0 Å². The van der Waals surface area contributed by atoms with Crippen LogP contribution in [0.3, 0.4) is 0 Å². The van der Waals surface area contributed by atoms with Crippen LogP contribution in [0.2, 0.25) is 5.02 Å². The predicted molar refractivity (Wildman–Crippen MR) is 71.5 cm³/mol. The molecule has 1 nitrogen and oxygen atoms in total. The molecule has 0 radical (unpaired) electrons. The molecular weight excluding hydrogens is 232 g/mol. The smallest absolute Gasteiger partial charge is 0.166 e. The van der Waals surface area contributed by atoms with E-state index in [4.69, 9.17) is 11.6 Å². The molecule has 0 spiro atoms. The van der Waals surface area contributed by atoms with E-state index in [1.54, 1.807) is 6.07 Å². The first-order valence-corrected chi connectivity index (χ1v) is 6.74. The third-order valence-electron chi connectivity index (χ3n) is 3.66. The maximum absolute atomic E-state index is 12.4. The molecule has 1 fully saturated rings. The molecule has 17 heavy (non-hydrogen) atoms. The second-order valence-electron chi connectivity index (χ2n) is 5.49. The number of ketones is 1. The van der Waals surface area contributed by atoms with E-state index in [1.165, 1.54) is 6.42 Å². The van der Waals surface area contributed by atoms with Crippen molar-refractivity contribution in [1.82, 2.24) is 0 Å². The number of benzene rings is 1. The van der Waals surface area contributed by atoms with Gasteiger partial charge in [-0.2, -0.15) is 0 Å². The molecule has 2 atom stereocenters. The monoisotopic (exact) mass is 250 g/mol. The van der Waals surface area contributed by atoms with Crippen LogP contribution in [0.4, 0.5) is 0 Å². The number of hydrogen-bond donors (Lipinski definition) is 0. The Labute approximate surface area is 108 Å². The summed E-state index contributed by atoms with van der Waals surface area (Å²) in [5.74, 6) is 1.77. The molecule has 2 unspecified atom stereocenters. The minimum Gasteiger partial charge on any atom is -0.294 e. The molecule has 1 aliphatic rings. The lowest BCUT2D eigenvalue weighted by Crippen LogP contribution is -2.26. The third kappa shape index (κ3) is 3.10. The summed E-state index contributed by atoms with van der Waals surface area (Å²) in [7, 11) is 0. The Morgan fingerprint density at radius 3 is 2.41 bits per heavy atom. The first-order chi connectivity index (χ1) is 8.06. The summed E-state index contributed by atoms with van der Waals surface area (Å²) in [4.78, 5) is 12.4. The molecule has 0 amide bonds. The van der Waals surface area contributed by atoms with Crippen molar-refractivity contribution in [2.75, 3.05) is 0 Å². The minimum atomic E-state index is 0.187. The maximum Gasteiger partial charge on any atom is 0.166 e. The van der Waals surface area contributed by atoms with E-state index in [0.29, 0.717) is 16.9 Å². The van der Waals surface area contributed by atoms with E-state index < -0.39 is 0 Å². The molecule has 1 aromatic carbocycles. The standard InChI is InChI=1S/C15H19ClO/c1-10-6-11(2)8-13(7-10)15(17)12-4-3-5-14(16)9-12/h3-5,9-11,13H,6-8H2,1-2H3. The van der Waals surface area contributed by atoms with E-state index >= 15 is 0 Å². The summed E-state index contributed by atoms with van der Waals surface area (Å²) >= 11 is 5.93. The van der Waals surface area contributed by atoms with E-state index in [9.17, 15) is 4.79 Å². The largest absolute Gasteiger partial charge is 0.294 e. The summed E-state index contributed by atoms with van der Waals surface area (Å²) in [6, 6.07) is 7.32. The van der Waals surface area contributed by atoms with Crippen molar-refractivity contribution < 1.29 is 4.79 Å². The molecule has 0 heterocycles. The van der Waals surface area contributed by atoms with Crippen LogP contribution in [0.1, 0.15) is 43.5 Å². The van der Waals surface area contributed by atoms with Crippen molar-refractivity contribution in [2.24, 2.45) is 17.8 Å². The highest BCUT2D eigenvalue weighted by molar-refractivity contribution is 6.31. The molecule has 1 aromatic rings. The summed E-state index contributed by atoms with van der Waals surface area (Å²) in [5, 5.41) is 0.646. The average Bonchev–Trinajstić information content (AvgIpc) is 2.26. The van der Waals surface area contributed by atoms with Gasteiger partial charge >= 0.3 is 0 Å². The van der Waals surface area contributed by atoms with Crippen LogP contribution in [-0.4, -0.2) is 5.78 Å². The van der Waals surface area contributed by atoms with E-state index in [2.05, 4.69) is 13.8 Å². The fraction of sp³-hybridized carbons (Fsp3) is 0.533. The number of carbonyl (C=O) groups excluding carboxylic acids is 1. The number of halogens is 1. The summed E-state index contributed by atoms with van der Waals surface area (Å²) in [6.45, 7) is 4.49. The van der Waals surface area contributed by atoms with Gasteiger partial charge in [0.25, 0.3) is 0 Å². The number of rotatable bonds is 2. The van der Waals surface area contributed by atoms with Gasteiger partial charge in [0, 0.05) is 16.5 Å². The molecule has 0 N–H and O–H groups in total. The van der Waals surface area contributed by atoms with Gasteiger partial charge in [-0.3, -0.25) is 4.79 Å². The van der Waals surface area contributed by atoms with Crippen LogP contribution in [-0.2, 0) is 0 Å². The quantitative estimate of drug-likeness (QED) is 0.702. The second-order valence-corrected chi connectivity index (χ2v) is 5.93. The lowest BCUT2D eigenvalue weighted by atomic mass is 9.74. The molecule has 1 aliphatic carbocycles. The number of Topliss-reactive ketones (excluding diaryl/α,β-unsaturated/α-hetero) is 1. The Kier molecular flexibility index (Phi) is 3.88. The molecular formula is C15H19ClO. The van der Waals surface area contributed by atoms with Gasteiger partial charge in [-0.25, -0.2) is 0 Å². The molecule has 92 valence electrons. The zero-order valence-electron chi connectivity index (χ0n) is 10.4. The fourth-order valence-electron chi connectivity index (χ4n) is 3.04. The molecule has 2 heteroatoms.